The van der Waals surface area contributed by atoms with Crippen LogP contribution in [0.2, 0.25) is 0 Å². The van der Waals surface area contributed by atoms with Gasteiger partial charge < -0.3 is 20.3 Å². The number of fused-ring (bicyclic) bond motifs is 1. The van der Waals surface area contributed by atoms with Crippen LogP contribution in [0.3, 0.4) is 0 Å². The van der Waals surface area contributed by atoms with Crippen LogP contribution in [0.5, 0.6) is 11.5 Å². The summed E-state index contributed by atoms with van der Waals surface area (Å²) in [5.74, 6) is 1.06. The molecule has 4 aliphatic rings. The van der Waals surface area contributed by atoms with Crippen molar-refractivity contribution in [2.45, 2.75) is 51.6 Å². The predicted molar refractivity (Wildman–Crippen MR) is 126 cm³/mol. The molecule has 5 heteroatoms. The van der Waals surface area contributed by atoms with Gasteiger partial charge in [0.2, 0.25) is 5.90 Å². The molecule has 1 aromatic carbocycles. The fourth-order valence-electron chi connectivity index (χ4n) is 5.14. The molecule has 166 valence electrons. The van der Waals surface area contributed by atoms with E-state index in [2.05, 4.69) is 41.5 Å². The minimum absolute atomic E-state index is 0.0135. The van der Waals surface area contributed by atoms with Crippen molar-refractivity contribution in [3.05, 3.63) is 82.1 Å². The van der Waals surface area contributed by atoms with Crippen LogP contribution in [0.4, 0.5) is 0 Å². The molecule has 2 atom stereocenters. The summed E-state index contributed by atoms with van der Waals surface area (Å²) in [5, 5.41) is 24.5. The van der Waals surface area contributed by atoms with Gasteiger partial charge in [-0.05, 0) is 73.3 Å². The van der Waals surface area contributed by atoms with Crippen molar-refractivity contribution in [2.24, 2.45) is 10.9 Å². The smallest absolute Gasteiger partial charge is 0.213 e. The molecule has 0 spiro atoms. The van der Waals surface area contributed by atoms with Gasteiger partial charge in [0.1, 0.15) is 11.5 Å². The summed E-state index contributed by atoms with van der Waals surface area (Å²) in [6.45, 7) is 2.63. The van der Waals surface area contributed by atoms with E-state index < -0.39 is 6.17 Å². The molecule has 5 rings (SSSR count). The Balaban J connectivity index is 1.63. The number of hydrogen-bond acceptors (Lipinski definition) is 5. The standard InChI is InChI=1S/C27H30N2O3/c1-2-14-32-24-16-21(28-27(29-24)26-22(30)12-7-13-23(26)31)25-19-10-5-3-8-17(19)15-18-9-4-6-11-20(18)25/h3,6-8,11-13,16,18,27-28,30-31H,2,4-5,9-10,14-15H2,1H3. The van der Waals surface area contributed by atoms with E-state index in [1.807, 2.05) is 6.08 Å². The Morgan fingerprint density at radius 3 is 2.75 bits per heavy atom. The summed E-state index contributed by atoms with van der Waals surface area (Å²) in [7, 11) is 0. The summed E-state index contributed by atoms with van der Waals surface area (Å²) in [5.41, 5.74) is 6.75. The number of nitrogens with zero attached hydrogens (tertiary/aromatic N) is 1. The van der Waals surface area contributed by atoms with Gasteiger partial charge in [-0.15, -0.1) is 0 Å². The predicted octanol–water partition coefficient (Wildman–Crippen LogP) is 5.72. The van der Waals surface area contributed by atoms with Crippen LogP contribution in [0.25, 0.3) is 0 Å². The van der Waals surface area contributed by atoms with Gasteiger partial charge in [0.15, 0.2) is 6.17 Å². The van der Waals surface area contributed by atoms with E-state index in [1.54, 1.807) is 18.2 Å². The quantitative estimate of drug-likeness (QED) is 0.571. The molecule has 0 saturated carbocycles. The molecular weight excluding hydrogens is 400 g/mol. The number of aliphatic imine (C=N–C) groups is 1. The molecule has 2 unspecified atom stereocenters. The number of phenolic OH excluding ortho intramolecular Hbond substituents is 2. The highest BCUT2D eigenvalue weighted by molar-refractivity contribution is 5.91. The summed E-state index contributed by atoms with van der Waals surface area (Å²) in [6, 6.07) is 4.78. The first-order valence-electron chi connectivity index (χ1n) is 11.7. The zero-order valence-electron chi connectivity index (χ0n) is 18.5. The van der Waals surface area contributed by atoms with Crippen molar-refractivity contribution in [3.8, 4) is 11.5 Å². The van der Waals surface area contributed by atoms with Gasteiger partial charge in [-0.2, -0.15) is 0 Å². The van der Waals surface area contributed by atoms with Crippen LogP contribution in [0, 0.1) is 5.92 Å². The maximum atomic E-state index is 10.5. The Morgan fingerprint density at radius 2 is 1.94 bits per heavy atom. The van der Waals surface area contributed by atoms with Crippen molar-refractivity contribution in [2.75, 3.05) is 6.61 Å². The molecule has 3 aliphatic carbocycles. The van der Waals surface area contributed by atoms with E-state index in [0.717, 1.165) is 44.2 Å². The molecule has 0 radical (unpaired) electrons. The van der Waals surface area contributed by atoms with Crippen LogP contribution >= 0.6 is 0 Å². The van der Waals surface area contributed by atoms with Crippen LogP contribution in [0.1, 0.15) is 57.2 Å². The SMILES string of the molecule is CCCOC1=NC(c2c(O)cccc2O)NC(C2=C3C=CCCC3CC3=C2CCC=C3)=C1. The average Bonchev–Trinajstić information content (AvgIpc) is 2.81. The maximum Gasteiger partial charge on any atom is 0.213 e. The van der Waals surface area contributed by atoms with E-state index in [1.165, 1.54) is 22.3 Å². The molecule has 0 fully saturated rings. The molecule has 0 aromatic heterocycles. The second-order valence-corrected chi connectivity index (χ2v) is 8.79. The Kier molecular flexibility index (Phi) is 5.64. The highest BCUT2D eigenvalue weighted by Crippen LogP contribution is 2.46. The highest BCUT2D eigenvalue weighted by Gasteiger charge is 2.33. The largest absolute Gasteiger partial charge is 0.507 e. The van der Waals surface area contributed by atoms with E-state index >= 15 is 0 Å². The highest BCUT2D eigenvalue weighted by atomic mass is 16.5. The van der Waals surface area contributed by atoms with Gasteiger partial charge in [0, 0.05) is 17.3 Å². The molecule has 5 nitrogen and oxygen atoms in total. The number of hydrogen-bond donors (Lipinski definition) is 3. The lowest BCUT2D eigenvalue weighted by molar-refractivity contribution is 0.300. The van der Waals surface area contributed by atoms with Gasteiger partial charge in [-0.25, -0.2) is 4.99 Å². The third kappa shape index (κ3) is 3.77. The lowest BCUT2D eigenvalue weighted by Crippen LogP contribution is -2.30. The zero-order valence-corrected chi connectivity index (χ0v) is 18.5. The number of allylic oxidation sites excluding steroid dienone is 7. The van der Waals surface area contributed by atoms with E-state index in [9.17, 15) is 10.2 Å². The van der Waals surface area contributed by atoms with E-state index in [0.29, 0.717) is 24.0 Å². The summed E-state index contributed by atoms with van der Waals surface area (Å²) in [6.07, 6.45) is 16.8. The van der Waals surface area contributed by atoms with Crippen LogP contribution in [-0.2, 0) is 4.74 Å². The topological polar surface area (TPSA) is 74.1 Å². The summed E-state index contributed by atoms with van der Waals surface area (Å²) < 4.78 is 5.96. The Morgan fingerprint density at radius 1 is 1.12 bits per heavy atom. The number of nitrogens with one attached hydrogen (secondary N) is 1. The third-order valence-corrected chi connectivity index (χ3v) is 6.62. The normalized spacial score (nSPS) is 24.4. The van der Waals surface area contributed by atoms with Crippen LogP contribution in [0.15, 0.2) is 81.6 Å². The molecule has 1 heterocycles. The van der Waals surface area contributed by atoms with Gasteiger partial charge in [-0.3, -0.25) is 0 Å². The Bertz CT molecular complexity index is 1080. The Hall–Kier alpha value is -3.21. The molecule has 0 amide bonds. The lowest BCUT2D eigenvalue weighted by atomic mass is 9.71. The van der Waals surface area contributed by atoms with Crippen molar-refractivity contribution < 1.29 is 14.9 Å². The van der Waals surface area contributed by atoms with Crippen LogP contribution < -0.4 is 5.32 Å². The minimum atomic E-state index is -0.632. The molecule has 1 aromatic rings. The third-order valence-electron chi connectivity index (χ3n) is 6.62. The number of rotatable bonds is 4. The van der Waals surface area contributed by atoms with Crippen molar-refractivity contribution in [1.29, 1.82) is 0 Å². The van der Waals surface area contributed by atoms with Gasteiger partial charge >= 0.3 is 0 Å². The van der Waals surface area contributed by atoms with E-state index in [4.69, 9.17) is 4.74 Å². The zero-order chi connectivity index (χ0) is 22.1. The second-order valence-electron chi connectivity index (χ2n) is 8.79. The molecule has 32 heavy (non-hydrogen) atoms. The molecule has 3 N–H and O–H groups in total. The fraction of sp³-hybridized carbons (Fsp3) is 0.370. The Labute approximate surface area is 189 Å². The first kappa shape index (κ1) is 20.7. The average molecular weight is 431 g/mol. The summed E-state index contributed by atoms with van der Waals surface area (Å²) >= 11 is 0. The fourth-order valence-corrected chi connectivity index (χ4v) is 5.14. The first-order chi connectivity index (χ1) is 15.7. The molecule has 1 aliphatic heterocycles. The molecule has 0 bridgehead atoms. The van der Waals surface area contributed by atoms with Crippen molar-refractivity contribution in [3.63, 3.8) is 0 Å². The molecule has 0 saturated heterocycles. The van der Waals surface area contributed by atoms with Crippen LogP contribution in [-0.4, -0.2) is 22.7 Å². The second kappa shape index (κ2) is 8.73. The van der Waals surface area contributed by atoms with E-state index in [-0.39, 0.29) is 11.5 Å². The monoisotopic (exact) mass is 430 g/mol. The lowest BCUT2D eigenvalue weighted by Gasteiger charge is -2.36. The summed E-state index contributed by atoms with van der Waals surface area (Å²) in [4.78, 5) is 4.68. The maximum absolute atomic E-state index is 10.5. The number of phenols is 2. The van der Waals surface area contributed by atoms with Crippen molar-refractivity contribution >= 4 is 5.90 Å². The van der Waals surface area contributed by atoms with Gasteiger partial charge in [-0.1, -0.05) is 37.3 Å². The molecular formula is C27H30N2O3. The number of aromatic hydroxyl groups is 2. The van der Waals surface area contributed by atoms with Gasteiger partial charge in [0.25, 0.3) is 0 Å². The first-order valence-corrected chi connectivity index (χ1v) is 11.7. The van der Waals surface area contributed by atoms with Crippen molar-refractivity contribution in [1.82, 2.24) is 5.32 Å². The minimum Gasteiger partial charge on any atom is -0.507 e. The number of benzene rings is 1. The van der Waals surface area contributed by atoms with Gasteiger partial charge in [0.05, 0.1) is 12.2 Å². The number of ether oxygens (including phenoxy) is 1.